The van der Waals surface area contributed by atoms with Gasteiger partial charge in [-0.05, 0) is 41.5 Å². The summed E-state index contributed by atoms with van der Waals surface area (Å²) in [4.78, 5) is 16.8. The molecule has 35 heavy (non-hydrogen) atoms. The van der Waals surface area contributed by atoms with E-state index in [9.17, 15) is 4.79 Å². The number of ether oxygens (including phenoxy) is 2. The van der Waals surface area contributed by atoms with E-state index in [1.54, 1.807) is 13.3 Å². The van der Waals surface area contributed by atoms with E-state index in [-0.39, 0.29) is 11.7 Å². The minimum Gasteiger partial charge on any atom is -0.493 e. The van der Waals surface area contributed by atoms with Crippen LogP contribution in [0.2, 0.25) is 0 Å². The highest BCUT2D eigenvalue weighted by Crippen LogP contribution is 2.29. The first kappa shape index (κ1) is 25.0. The molecule has 6 nitrogen and oxygen atoms in total. The molecule has 4 aromatic rings. The number of carbonyl (C=O) groups is 1. The Hall–Kier alpha value is -3.14. The van der Waals surface area contributed by atoms with Crippen molar-refractivity contribution in [3.63, 3.8) is 0 Å². The number of benzene rings is 3. The Labute approximate surface area is 220 Å². The zero-order valence-corrected chi connectivity index (χ0v) is 22.0. The molecule has 0 saturated carbocycles. The molecule has 0 atom stereocenters. The highest BCUT2D eigenvalue weighted by Gasteiger charge is 2.08. The number of nitrogens with one attached hydrogen (secondary N) is 1. The molecule has 0 saturated heterocycles. The van der Waals surface area contributed by atoms with Gasteiger partial charge >= 0.3 is 0 Å². The van der Waals surface area contributed by atoms with Crippen LogP contribution in [0, 0.1) is 0 Å². The summed E-state index contributed by atoms with van der Waals surface area (Å²) in [6.07, 6.45) is 1.57. The smallest absolute Gasteiger partial charge is 0.250 e. The molecule has 0 spiro atoms. The third-order valence-electron chi connectivity index (χ3n) is 4.78. The van der Waals surface area contributed by atoms with Crippen molar-refractivity contribution < 1.29 is 14.3 Å². The zero-order chi connectivity index (χ0) is 24.5. The van der Waals surface area contributed by atoms with Gasteiger partial charge in [-0.3, -0.25) is 4.79 Å². The average molecular weight is 569 g/mol. The normalized spacial score (nSPS) is 10.9. The van der Waals surface area contributed by atoms with Gasteiger partial charge in [0.25, 0.3) is 5.91 Å². The Balaban J connectivity index is 1.26. The Kier molecular flexibility index (Phi) is 8.94. The lowest BCUT2D eigenvalue weighted by Crippen LogP contribution is -2.19. The molecule has 0 fully saturated rings. The molecule has 1 aromatic heterocycles. The molecule has 1 amide bonds. The molecule has 1 N–H and O–H groups in total. The topological polar surface area (TPSA) is 72.8 Å². The second-order valence-corrected chi connectivity index (χ2v) is 10.3. The molecule has 0 aliphatic heterocycles. The van der Waals surface area contributed by atoms with Crippen LogP contribution < -0.4 is 14.9 Å². The maximum absolute atomic E-state index is 12.2. The van der Waals surface area contributed by atoms with Crippen LogP contribution in [0.25, 0.3) is 11.3 Å². The number of aromatic nitrogens is 1. The van der Waals surface area contributed by atoms with Crippen molar-refractivity contribution in [3.05, 3.63) is 93.8 Å². The van der Waals surface area contributed by atoms with Gasteiger partial charge in [0, 0.05) is 15.4 Å². The van der Waals surface area contributed by atoms with Crippen molar-refractivity contribution in [1.82, 2.24) is 10.4 Å². The van der Waals surface area contributed by atoms with Crippen molar-refractivity contribution in [2.24, 2.45) is 5.10 Å². The van der Waals surface area contributed by atoms with E-state index in [0.717, 1.165) is 31.2 Å². The summed E-state index contributed by atoms with van der Waals surface area (Å²) in [7, 11) is 1.59. The fourth-order valence-corrected chi connectivity index (χ4v) is 4.92. The molecular formula is C26H22BrN3O3S2. The SMILES string of the molecule is COc1cc(/C=N/NC(=O)CSc2nc(-c3ccccc3)cs2)ccc1OCc1ccc(Br)cc1. The van der Waals surface area contributed by atoms with Crippen LogP contribution in [-0.2, 0) is 11.4 Å². The summed E-state index contributed by atoms with van der Waals surface area (Å²) in [5, 5.41) is 6.05. The van der Waals surface area contributed by atoms with E-state index in [1.807, 2.05) is 78.2 Å². The molecule has 178 valence electrons. The van der Waals surface area contributed by atoms with Gasteiger partial charge in [0.05, 0.1) is 24.8 Å². The number of hydrazone groups is 1. The number of hydrogen-bond donors (Lipinski definition) is 1. The van der Waals surface area contributed by atoms with Gasteiger partial charge in [0.1, 0.15) is 6.61 Å². The van der Waals surface area contributed by atoms with Crippen LogP contribution in [0.4, 0.5) is 0 Å². The molecule has 1 heterocycles. The fraction of sp³-hybridized carbons (Fsp3) is 0.115. The van der Waals surface area contributed by atoms with Gasteiger partial charge in [-0.15, -0.1) is 11.3 Å². The van der Waals surface area contributed by atoms with E-state index >= 15 is 0 Å². The van der Waals surface area contributed by atoms with Crippen LogP contribution >= 0.6 is 39.0 Å². The second kappa shape index (κ2) is 12.5. The van der Waals surface area contributed by atoms with E-state index in [0.29, 0.717) is 18.1 Å². The summed E-state index contributed by atoms with van der Waals surface area (Å²) in [6, 6.07) is 23.4. The van der Waals surface area contributed by atoms with Crippen molar-refractivity contribution in [2.75, 3.05) is 12.9 Å². The predicted octanol–water partition coefficient (Wildman–Crippen LogP) is 6.40. The molecule has 0 unspecified atom stereocenters. The lowest BCUT2D eigenvalue weighted by atomic mass is 10.2. The third kappa shape index (κ3) is 7.42. The van der Waals surface area contributed by atoms with Crippen LogP contribution in [0.15, 0.2) is 92.1 Å². The molecule has 0 bridgehead atoms. The number of methoxy groups -OCH3 is 1. The molecule has 3 aromatic carbocycles. The molecule has 0 radical (unpaired) electrons. The Morgan fingerprint density at radius 3 is 2.69 bits per heavy atom. The summed E-state index contributed by atoms with van der Waals surface area (Å²) >= 11 is 6.33. The van der Waals surface area contributed by atoms with Crippen LogP contribution in [-0.4, -0.2) is 30.0 Å². The monoisotopic (exact) mass is 567 g/mol. The number of carbonyl (C=O) groups excluding carboxylic acids is 1. The maximum atomic E-state index is 12.2. The number of rotatable bonds is 10. The number of thiazole rings is 1. The van der Waals surface area contributed by atoms with Gasteiger partial charge in [0.15, 0.2) is 15.8 Å². The molecular weight excluding hydrogens is 546 g/mol. The first-order valence-electron chi connectivity index (χ1n) is 10.6. The minimum atomic E-state index is -0.205. The number of halogens is 1. The number of thioether (sulfide) groups is 1. The molecule has 0 aliphatic rings. The molecule has 9 heteroatoms. The van der Waals surface area contributed by atoms with E-state index < -0.39 is 0 Å². The second-order valence-electron chi connectivity index (χ2n) is 7.27. The summed E-state index contributed by atoms with van der Waals surface area (Å²) in [6.45, 7) is 0.427. The first-order valence-corrected chi connectivity index (χ1v) is 13.3. The Bertz CT molecular complexity index is 1290. The predicted molar refractivity (Wildman–Crippen MR) is 145 cm³/mol. The van der Waals surface area contributed by atoms with Gasteiger partial charge in [-0.2, -0.15) is 5.10 Å². The number of nitrogens with zero attached hydrogens (tertiary/aromatic N) is 2. The summed E-state index contributed by atoms with van der Waals surface area (Å²) < 4.78 is 13.2. The van der Waals surface area contributed by atoms with Gasteiger partial charge in [-0.25, -0.2) is 10.4 Å². The summed E-state index contributed by atoms with van der Waals surface area (Å²) in [5.41, 5.74) is 6.35. The largest absolute Gasteiger partial charge is 0.493 e. The molecule has 0 aliphatic carbocycles. The lowest BCUT2D eigenvalue weighted by Gasteiger charge is -2.11. The standard InChI is InChI=1S/C26H22BrN3O3S2/c1-32-24-13-19(9-12-23(24)33-15-18-7-10-21(27)11-8-18)14-28-30-25(31)17-35-26-29-22(16-34-26)20-5-3-2-4-6-20/h2-14,16H,15,17H2,1H3,(H,30,31)/b28-14+. The van der Waals surface area contributed by atoms with E-state index in [2.05, 4.69) is 31.4 Å². The third-order valence-corrected chi connectivity index (χ3v) is 7.33. The fourth-order valence-electron chi connectivity index (χ4n) is 3.03. The van der Waals surface area contributed by atoms with Crippen LogP contribution in [0.5, 0.6) is 11.5 Å². The first-order chi connectivity index (χ1) is 17.1. The average Bonchev–Trinajstić information content (AvgIpc) is 3.37. The van der Waals surface area contributed by atoms with E-state index in [1.165, 1.54) is 23.1 Å². The van der Waals surface area contributed by atoms with Gasteiger partial charge in [0.2, 0.25) is 0 Å². The van der Waals surface area contributed by atoms with Crippen molar-refractivity contribution >= 4 is 51.2 Å². The maximum Gasteiger partial charge on any atom is 0.250 e. The number of amides is 1. The van der Waals surface area contributed by atoms with Crippen molar-refractivity contribution in [3.8, 4) is 22.8 Å². The highest BCUT2D eigenvalue weighted by atomic mass is 79.9. The highest BCUT2D eigenvalue weighted by molar-refractivity contribution is 9.10. The summed E-state index contributed by atoms with van der Waals surface area (Å²) in [5.74, 6) is 1.24. The van der Waals surface area contributed by atoms with Gasteiger partial charge < -0.3 is 9.47 Å². The molecule has 4 rings (SSSR count). The van der Waals surface area contributed by atoms with E-state index in [4.69, 9.17) is 9.47 Å². The quantitative estimate of drug-likeness (QED) is 0.136. The van der Waals surface area contributed by atoms with Crippen LogP contribution in [0.3, 0.4) is 0 Å². The lowest BCUT2D eigenvalue weighted by molar-refractivity contribution is -0.118. The zero-order valence-electron chi connectivity index (χ0n) is 18.8. The van der Waals surface area contributed by atoms with Crippen LogP contribution in [0.1, 0.15) is 11.1 Å². The number of hydrogen-bond acceptors (Lipinski definition) is 7. The van der Waals surface area contributed by atoms with Gasteiger partial charge in [-0.1, -0.05) is 70.2 Å². The van der Waals surface area contributed by atoms with Crippen molar-refractivity contribution in [1.29, 1.82) is 0 Å². The van der Waals surface area contributed by atoms with Crippen molar-refractivity contribution in [2.45, 2.75) is 10.9 Å². The minimum absolute atomic E-state index is 0.205. The Morgan fingerprint density at radius 2 is 1.91 bits per heavy atom. The Morgan fingerprint density at radius 1 is 1.11 bits per heavy atom.